The van der Waals surface area contributed by atoms with E-state index in [2.05, 4.69) is 5.32 Å². The number of rotatable bonds is 13. The number of hydrogen-bond acceptors (Lipinski definition) is 5. The van der Waals surface area contributed by atoms with Crippen LogP contribution < -0.4 is 14.4 Å². The number of anilines is 1. The van der Waals surface area contributed by atoms with Gasteiger partial charge in [0.1, 0.15) is 18.3 Å². The minimum atomic E-state index is -4.23. The highest BCUT2D eigenvalue weighted by Crippen LogP contribution is 2.28. The van der Waals surface area contributed by atoms with E-state index < -0.39 is 28.5 Å². The van der Waals surface area contributed by atoms with Crippen LogP contribution in [0, 0.1) is 0 Å². The molecule has 1 N–H and O–H groups in total. The Bertz CT molecular complexity index is 1480. The van der Waals surface area contributed by atoms with Gasteiger partial charge in [-0.1, -0.05) is 47.8 Å². The van der Waals surface area contributed by atoms with Crippen LogP contribution in [-0.2, 0) is 26.2 Å². The molecule has 0 aliphatic heterocycles. The Kier molecular flexibility index (Phi) is 11.9. The Hall–Kier alpha value is -2.98. The number of nitrogens with one attached hydrogen (secondary N) is 1. The maximum absolute atomic E-state index is 14.1. The topological polar surface area (TPSA) is 96.0 Å². The first-order valence-corrected chi connectivity index (χ1v) is 16.0. The van der Waals surface area contributed by atoms with Gasteiger partial charge in [-0.3, -0.25) is 13.9 Å². The van der Waals surface area contributed by atoms with Gasteiger partial charge < -0.3 is 15.0 Å². The van der Waals surface area contributed by atoms with E-state index >= 15 is 0 Å². The maximum atomic E-state index is 14.1. The number of sulfonamides is 1. The summed E-state index contributed by atoms with van der Waals surface area (Å²) in [6.07, 6.45) is 0.290. The minimum absolute atomic E-state index is 0.00213. The van der Waals surface area contributed by atoms with E-state index in [-0.39, 0.29) is 29.1 Å². The Morgan fingerprint density at radius 1 is 0.905 bits per heavy atom. The number of hydrogen-bond donors (Lipinski definition) is 1. The molecule has 0 spiro atoms. The monoisotopic (exact) mass is 653 g/mol. The number of carbonyl (C=O) groups is 2. The SMILES string of the molecule is CCOc1ccc(N(CC(=O)N(Cc2ccc(Cl)c(Cl)c2)[C@@H](CC)C(=O)NC(C)C)S(=O)(=O)c2ccc(Cl)cc2)cc1. The van der Waals surface area contributed by atoms with Gasteiger partial charge in [-0.15, -0.1) is 0 Å². The van der Waals surface area contributed by atoms with Crippen molar-refractivity contribution in [2.24, 2.45) is 0 Å². The van der Waals surface area contributed by atoms with Crippen molar-refractivity contribution >= 4 is 62.3 Å². The van der Waals surface area contributed by atoms with E-state index in [0.717, 1.165) is 4.31 Å². The Morgan fingerprint density at radius 3 is 2.10 bits per heavy atom. The van der Waals surface area contributed by atoms with Crippen molar-refractivity contribution in [1.29, 1.82) is 0 Å². The Balaban J connectivity index is 2.08. The highest BCUT2D eigenvalue weighted by atomic mass is 35.5. The molecule has 226 valence electrons. The van der Waals surface area contributed by atoms with Crippen molar-refractivity contribution < 1.29 is 22.7 Å². The molecule has 3 rings (SSSR count). The summed E-state index contributed by atoms with van der Waals surface area (Å²) in [7, 11) is -4.23. The molecule has 3 aromatic rings. The van der Waals surface area contributed by atoms with Crippen LogP contribution >= 0.6 is 34.8 Å². The molecule has 8 nitrogen and oxygen atoms in total. The van der Waals surface area contributed by atoms with E-state index in [1.54, 1.807) is 49.4 Å². The third-order valence-electron chi connectivity index (χ3n) is 6.27. The van der Waals surface area contributed by atoms with Crippen LogP contribution in [0.5, 0.6) is 5.75 Å². The fourth-order valence-electron chi connectivity index (χ4n) is 4.27. The lowest BCUT2D eigenvalue weighted by Crippen LogP contribution is -2.53. The van der Waals surface area contributed by atoms with Gasteiger partial charge in [-0.05, 0) is 93.4 Å². The van der Waals surface area contributed by atoms with Crippen LogP contribution in [0.15, 0.2) is 71.6 Å². The van der Waals surface area contributed by atoms with Crippen LogP contribution in [0.1, 0.15) is 39.7 Å². The van der Waals surface area contributed by atoms with Crippen molar-refractivity contribution in [3.05, 3.63) is 87.4 Å². The molecule has 0 bridgehead atoms. The third-order valence-corrected chi connectivity index (χ3v) is 9.05. The molecule has 0 aromatic heterocycles. The predicted octanol–water partition coefficient (Wildman–Crippen LogP) is 6.57. The normalized spacial score (nSPS) is 12.1. The van der Waals surface area contributed by atoms with Gasteiger partial charge in [0.15, 0.2) is 0 Å². The summed E-state index contributed by atoms with van der Waals surface area (Å²) in [6.45, 7) is 7.12. The fourth-order valence-corrected chi connectivity index (χ4v) is 6.13. The van der Waals surface area contributed by atoms with Crippen LogP contribution in [0.25, 0.3) is 0 Å². The molecule has 1 atom stereocenters. The second-order valence-electron chi connectivity index (χ2n) is 9.75. The van der Waals surface area contributed by atoms with E-state index in [1.807, 2.05) is 20.8 Å². The fraction of sp³-hybridized carbons (Fsp3) is 0.333. The minimum Gasteiger partial charge on any atom is -0.494 e. The van der Waals surface area contributed by atoms with E-state index in [9.17, 15) is 18.0 Å². The number of halogens is 3. The largest absolute Gasteiger partial charge is 0.494 e. The molecule has 12 heteroatoms. The molecule has 0 aliphatic rings. The summed E-state index contributed by atoms with van der Waals surface area (Å²) in [5.41, 5.74) is 0.873. The predicted molar refractivity (Wildman–Crippen MR) is 168 cm³/mol. The van der Waals surface area contributed by atoms with Crippen molar-refractivity contribution in [3.63, 3.8) is 0 Å². The summed E-state index contributed by atoms with van der Waals surface area (Å²) in [5, 5.41) is 3.87. The van der Waals surface area contributed by atoms with Crippen LogP contribution in [0.2, 0.25) is 15.1 Å². The van der Waals surface area contributed by atoms with Crippen LogP contribution in [0.3, 0.4) is 0 Å². The molecule has 0 saturated heterocycles. The first-order valence-electron chi connectivity index (χ1n) is 13.4. The lowest BCUT2D eigenvalue weighted by atomic mass is 10.1. The lowest BCUT2D eigenvalue weighted by Gasteiger charge is -2.33. The van der Waals surface area contributed by atoms with Gasteiger partial charge in [0, 0.05) is 17.6 Å². The Labute approximate surface area is 262 Å². The van der Waals surface area contributed by atoms with Crippen molar-refractivity contribution in [1.82, 2.24) is 10.2 Å². The van der Waals surface area contributed by atoms with Crippen LogP contribution in [0.4, 0.5) is 5.69 Å². The zero-order valence-corrected chi connectivity index (χ0v) is 26.9. The second-order valence-corrected chi connectivity index (χ2v) is 12.9. The molecule has 0 unspecified atom stereocenters. The third kappa shape index (κ3) is 8.53. The molecule has 2 amide bonds. The summed E-state index contributed by atoms with van der Waals surface area (Å²) >= 11 is 18.3. The summed E-state index contributed by atoms with van der Waals surface area (Å²) < 4.78 is 34.4. The number of carbonyl (C=O) groups excluding carboxylic acids is 2. The number of benzene rings is 3. The lowest BCUT2D eigenvalue weighted by molar-refractivity contribution is -0.140. The number of nitrogens with zero attached hydrogens (tertiary/aromatic N) is 2. The second kappa shape index (κ2) is 15.0. The summed E-state index contributed by atoms with van der Waals surface area (Å²) in [5.74, 6) is -0.388. The van der Waals surface area contributed by atoms with Gasteiger partial charge in [0.2, 0.25) is 11.8 Å². The van der Waals surface area contributed by atoms with Crippen LogP contribution in [-0.4, -0.2) is 50.4 Å². The first kappa shape index (κ1) is 33.5. The van der Waals surface area contributed by atoms with Gasteiger partial charge in [0.05, 0.1) is 27.2 Å². The zero-order valence-electron chi connectivity index (χ0n) is 23.8. The van der Waals surface area contributed by atoms with Gasteiger partial charge >= 0.3 is 0 Å². The molecule has 3 aromatic carbocycles. The van der Waals surface area contributed by atoms with Crippen molar-refractivity contribution in [2.45, 2.75) is 57.6 Å². The van der Waals surface area contributed by atoms with Crippen molar-refractivity contribution in [2.75, 3.05) is 17.5 Å². The first-order chi connectivity index (χ1) is 19.9. The summed E-state index contributed by atoms with van der Waals surface area (Å²) in [4.78, 5) is 28.7. The molecular formula is C30H34Cl3N3O5S. The smallest absolute Gasteiger partial charge is 0.264 e. The maximum Gasteiger partial charge on any atom is 0.264 e. The molecule has 0 aliphatic carbocycles. The van der Waals surface area contributed by atoms with Gasteiger partial charge in [0.25, 0.3) is 10.0 Å². The molecule has 0 radical (unpaired) electrons. The van der Waals surface area contributed by atoms with Gasteiger partial charge in [-0.25, -0.2) is 8.42 Å². The summed E-state index contributed by atoms with van der Waals surface area (Å²) in [6, 6.07) is 16.0. The van der Waals surface area contributed by atoms with E-state index in [4.69, 9.17) is 39.5 Å². The van der Waals surface area contributed by atoms with E-state index in [1.165, 1.54) is 29.2 Å². The van der Waals surface area contributed by atoms with Gasteiger partial charge in [-0.2, -0.15) is 0 Å². The number of ether oxygens (including phenoxy) is 1. The molecule has 42 heavy (non-hydrogen) atoms. The number of amides is 2. The average Bonchev–Trinajstić information content (AvgIpc) is 2.94. The van der Waals surface area contributed by atoms with E-state index in [0.29, 0.717) is 39.4 Å². The highest BCUT2D eigenvalue weighted by Gasteiger charge is 2.34. The standard InChI is InChI=1S/C30H34Cl3N3O5S/c1-5-28(30(38)34-20(3)4)35(18-21-7-16-26(32)27(33)17-21)29(37)19-36(23-10-12-24(13-11-23)41-6-2)42(39,40)25-14-8-22(31)9-15-25/h7-17,20,28H,5-6,18-19H2,1-4H3,(H,34,38)/t28-/m0/s1. The Morgan fingerprint density at radius 2 is 1.55 bits per heavy atom. The molecule has 0 heterocycles. The molecular weight excluding hydrogens is 621 g/mol. The molecule has 0 saturated carbocycles. The molecule has 0 fully saturated rings. The highest BCUT2D eigenvalue weighted by molar-refractivity contribution is 7.92. The van der Waals surface area contributed by atoms with Crippen molar-refractivity contribution in [3.8, 4) is 5.75 Å². The quantitative estimate of drug-likeness (QED) is 0.225. The zero-order chi connectivity index (χ0) is 31.0. The average molecular weight is 655 g/mol.